The van der Waals surface area contributed by atoms with Gasteiger partial charge in [-0.1, -0.05) is 17.7 Å². The first-order valence-electron chi connectivity index (χ1n) is 16.5. The second kappa shape index (κ2) is 22.3. The Hall–Kier alpha value is -7.07. The molecule has 0 bridgehead atoms. The Morgan fingerprint density at radius 1 is 0.672 bits per heavy atom. The number of nitrogens with one attached hydrogen (secondary N) is 2. The van der Waals surface area contributed by atoms with Crippen LogP contribution < -0.4 is 22.6 Å². The lowest BCUT2D eigenvalue weighted by atomic mass is 10.2. The number of nitrogens with two attached hydrogens (primary N) is 2. The highest BCUT2D eigenvalue weighted by atomic mass is 32.2. The number of alkyl halides is 9. The molecule has 0 spiro atoms. The number of fused-ring (bicyclic) bond motifs is 2. The number of hydrogen-bond donors (Lipinski definition) is 5. The van der Waals surface area contributed by atoms with Crippen LogP contribution in [0, 0.1) is 24.4 Å². The van der Waals surface area contributed by atoms with Crippen molar-refractivity contribution >= 4 is 55.3 Å². The van der Waals surface area contributed by atoms with Gasteiger partial charge in [0, 0.05) is 6.07 Å². The number of aromatic amines is 2. The van der Waals surface area contributed by atoms with Crippen LogP contribution in [0.2, 0.25) is 0 Å². The molecule has 6 aromatic rings. The van der Waals surface area contributed by atoms with Gasteiger partial charge in [0.05, 0.1) is 44.9 Å². The molecule has 64 heavy (non-hydrogen) atoms. The largest absolute Gasteiger partial charge is 0.461 e. The van der Waals surface area contributed by atoms with Crippen molar-refractivity contribution < 1.29 is 85.5 Å². The molecule has 15 nitrogen and oxygen atoms in total. The Morgan fingerprint density at radius 3 is 1.58 bits per heavy atom. The lowest BCUT2D eigenvalue weighted by Crippen LogP contribution is -2.32. The Labute approximate surface area is 349 Å². The van der Waals surface area contributed by atoms with Crippen molar-refractivity contribution in [3.8, 4) is 0 Å². The number of ketones is 1. The van der Waals surface area contributed by atoms with E-state index < -0.39 is 74.5 Å². The van der Waals surface area contributed by atoms with E-state index in [9.17, 15) is 80.3 Å². The zero-order valence-electron chi connectivity index (χ0n) is 32.0. The maximum Gasteiger partial charge on any atom is 0.461 e. The molecule has 0 atom stereocenters. The van der Waals surface area contributed by atoms with Gasteiger partial charge in [0.1, 0.15) is 17.5 Å². The third-order valence-electron chi connectivity index (χ3n) is 6.93. The molecule has 0 saturated heterocycles. The maximum atomic E-state index is 12.8. The van der Waals surface area contributed by atoms with Gasteiger partial charge in [0.2, 0.25) is 11.4 Å². The number of carbonyl (C=O) groups excluding carboxylic acids is 2. The molecule has 0 saturated carbocycles. The van der Waals surface area contributed by atoms with Crippen molar-refractivity contribution in [1.29, 1.82) is 0 Å². The van der Waals surface area contributed by atoms with E-state index in [1.54, 1.807) is 12.1 Å². The number of hydrogen-bond acceptors (Lipinski definition) is 11. The van der Waals surface area contributed by atoms with Crippen molar-refractivity contribution in [2.75, 3.05) is 18.1 Å². The first-order valence-corrected chi connectivity index (χ1v) is 18.0. The van der Waals surface area contributed by atoms with Crippen LogP contribution in [0.3, 0.4) is 0 Å². The maximum absolute atomic E-state index is 12.8. The fraction of sp³-hybridized carbons (Fsp3) is 0.167. The number of Topliss-reactive ketones (excluding diaryl/α,β-unsaturated/α-hetero) is 1. The molecule has 2 heterocycles. The molecular formula is C36H30F12N6O9S. The van der Waals surface area contributed by atoms with E-state index in [0.29, 0.717) is 5.69 Å². The van der Waals surface area contributed by atoms with Gasteiger partial charge in [-0.05, 0) is 74.5 Å². The molecule has 28 heteroatoms. The van der Waals surface area contributed by atoms with Gasteiger partial charge in [-0.3, -0.25) is 18.9 Å². The second-order valence-electron chi connectivity index (χ2n) is 11.8. The molecule has 0 radical (unpaired) electrons. The predicted octanol–water partition coefficient (Wildman–Crippen LogP) is 6.25. The van der Waals surface area contributed by atoms with Gasteiger partial charge in [-0.25, -0.2) is 27.9 Å². The Bertz CT molecular complexity index is 2800. The molecule has 0 unspecified atom stereocenters. The minimum Gasteiger partial charge on any atom is -0.460 e. The molecule has 9 N–H and O–H groups in total. The summed E-state index contributed by atoms with van der Waals surface area (Å²) in [5.74, 6) is -6.08. The van der Waals surface area contributed by atoms with E-state index in [-0.39, 0.29) is 50.5 Å². The first-order chi connectivity index (χ1) is 28.8. The average Bonchev–Trinajstić information content (AvgIpc) is 3.15. The lowest BCUT2D eigenvalue weighted by molar-refractivity contribution is -0.183. The van der Waals surface area contributed by atoms with Gasteiger partial charge in [0.25, 0.3) is 21.2 Å². The summed E-state index contributed by atoms with van der Waals surface area (Å²) >= 11 is 0. The zero-order valence-corrected chi connectivity index (χ0v) is 32.8. The first kappa shape index (κ1) is 54.9. The monoisotopic (exact) mass is 950 g/mol. The quantitative estimate of drug-likeness (QED) is 0.0433. The summed E-state index contributed by atoms with van der Waals surface area (Å²) in [7, 11) is -4.02. The van der Waals surface area contributed by atoms with E-state index in [1.165, 1.54) is 37.3 Å². The number of nitrogen functional groups attached to an aromatic ring is 2. The standard InChI is InChI=1S/2C9H4F4N2O.C7H8O3S.C6H7FN2.C5H5F3O3.H2O/c10-4-1-2-5-6(3-4)14-7(8(16)15-5)9(11,12)13;10-4-1-2-5-6(3-4)15-8(16)7(14-5)9(11,12)13;1-6-2-4-7(5-3-6)11(8,9)10;7-4-1-2-5(8)6(9)3-4;1-2-11-4(10)3(9)5(6,7)8;/h2*1-3H,(H,15,16);2-5H,1H3,(H,8,9,10);1-3H,8-9H2;2H2,1H3;1H2. The molecule has 2 aromatic heterocycles. The third kappa shape index (κ3) is 17.0. The van der Waals surface area contributed by atoms with Crippen LogP contribution in [-0.2, 0) is 36.8 Å². The van der Waals surface area contributed by atoms with Crippen molar-refractivity contribution in [2.45, 2.75) is 37.3 Å². The lowest BCUT2D eigenvalue weighted by Gasteiger charge is -2.05. The number of anilines is 2. The highest BCUT2D eigenvalue weighted by Gasteiger charge is 2.44. The van der Waals surface area contributed by atoms with Gasteiger partial charge < -0.3 is 31.6 Å². The molecule has 0 aliphatic heterocycles. The van der Waals surface area contributed by atoms with Crippen LogP contribution in [0.1, 0.15) is 23.9 Å². The molecule has 0 aliphatic rings. The highest BCUT2D eigenvalue weighted by molar-refractivity contribution is 7.85. The van der Waals surface area contributed by atoms with Crippen LogP contribution in [0.15, 0.2) is 93.3 Å². The molecule has 348 valence electrons. The summed E-state index contributed by atoms with van der Waals surface area (Å²) in [5.41, 5.74) is 5.99. The molecule has 4 aromatic carbocycles. The van der Waals surface area contributed by atoms with Crippen molar-refractivity contribution in [1.82, 2.24) is 19.9 Å². The Balaban J connectivity index is 0.000000406. The summed E-state index contributed by atoms with van der Waals surface area (Å²) in [5, 5.41) is 0. The van der Waals surface area contributed by atoms with Crippen LogP contribution in [0.5, 0.6) is 0 Å². The molecule has 0 fully saturated rings. The number of benzene rings is 4. The Morgan fingerprint density at radius 2 is 1.12 bits per heavy atom. The fourth-order valence-electron chi connectivity index (χ4n) is 4.07. The van der Waals surface area contributed by atoms with Crippen LogP contribution in [-0.4, -0.2) is 62.9 Å². The number of aromatic nitrogens is 4. The van der Waals surface area contributed by atoms with Crippen LogP contribution in [0.4, 0.5) is 64.1 Å². The summed E-state index contributed by atoms with van der Waals surface area (Å²) in [6.45, 7) is 2.90. The number of aryl methyl sites for hydroxylation is 1. The molecule has 0 amide bonds. The van der Waals surface area contributed by atoms with E-state index >= 15 is 0 Å². The second-order valence-corrected chi connectivity index (χ2v) is 13.2. The summed E-state index contributed by atoms with van der Waals surface area (Å²) in [6.07, 6.45) is -14.8. The zero-order chi connectivity index (χ0) is 48.2. The van der Waals surface area contributed by atoms with Crippen molar-refractivity contribution in [3.63, 3.8) is 0 Å². The van der Waals surface area contributed by atoms with Crippen LogP contribution >= 0.6 is 0 Å². The van der Waals surface area contributed by atoms with E-state index in [0.717, 1.165) is 42.0 Å². The number of nitrogens with zero attached hydrogens (tertiary/aromatic N) is 2. The van der Waals surface area contributed by atoms with E-state index in [1.807, 2.05) is 16.9 Å². The number of halogens is 12. The van der Waals surface area contributed by atoms with Crippen LogP contribution in [0.25, 0.3) is 22.1 Å². The minimum absolute atomic E-state index is 0. The number of ether oxygens (including phenoxy) is 1. The SMILES string of the molecule is CCOC(=O)C(=O)C(F)(F)F.Cc1ccc(S(=O)(=O)O)cc1.Nc1ccc(F)cc1N.O.O=c1[nH]c2cc(F)ccc2nc1C(F)(F)F.O=c1[nH]c2ccc(F)cc2nc1C(F)(F)F. The summed E-state index contributed by atoms with van der Waals surface area (Å²) < 4.78 is 179. The predicted molar refractivity (Wildman–Crippen MR) is 202 cm³/mol. The van der Waals surface area contributed by atoms with Gasteiger partial charge in [-0.15, -0.1) is 0 Å². The molecular weight excluding hydrogens is 920 g/mol. The summed E-state index contributed by atoms with van der Waals surface area (Å²) in [4.78, 5) is 52.2. The van der Waals surface area contributed by atoms with E-state index in [2.05, 4.69) is 14.7 Å². The number of carbonyl (C=O) groups is 2. The fourth-order valence-corrected chi connectivity index (χ4v) is 4.55. The van der Waals surface area contributed by atoms with Crippen molar-refractivity contribution in [3.05, 3.63) is 134 Å². The number of rotatable bonds is 3. The third-order valence-corrected chi connectivity index (χ3v) is 7.80. The topological polar surface area (TPSA) is 273 Å². The smallest absolute Gasteiger partial charge is 0.460 e. The van der Waals surface area contributed by atoms with Crippen molar-refractivity contribution in [2.24, 2.45) is 0 Å². The molecule has 6 rings (SSSR count). The Kier molecular flexibility index (Phi) is 19.2. The van der Waals surface area contributed by atoms with E-state index in [4.69, 9.17) is 16.0 Å². The van der Waals surface area contributed by atoms with Gasteiger partial charge in [0.15, 0.2) is 0 Å². The number of H-pyrrole nitrogens is 2. The average molecular weight is 951 g/mol. The normalized spacial score (nSPS) is 11.2. The molecule has 0 aliphatic carbocycles. The van der Waals surface area contributed by atoms with Gasteiger partial charge in [-0.2, -0.15) is 47.9 Å². The van der Waals surface area contributed by atoms with Gasteiger partial charge >= 0.3 is 30.3 Å². The minimum atomic E-state index is -5.13. The highest BCUT2D eigenvalue weighted by Crippen LogP contribution is 2.27. The summed E-state index contributed by atoms with van der Waals surface area (Å²) in [6, 6.07) is 15.8. The number of esters is 1.